The SMILES string of the molecule is CC(C)C1CNc2cc(C(=O)O)ccc2C1. The van der Waals surface area contributed by atoms with Crippen molar-refractivity contribution in [2.24, 2.45) is 11.8 Å². The third-order valence-electron chi connectivity index (χ3n) is 3.34. The highest BCUT2D eigenvalue weighted by Gasteiger charge is 2.21. The van der Waals surface area contributed by atoms with Crippen LogP contribution in [0.4, 0.5) is 5.69 Å². The molecule has 0 saturated heterocycles. The predicted molar refractivity (Wildman–Crippen MR) is 63.9 cm³/mol. The molecule has 0 saturated carbocycles. The van der Waals surface area contributed by atoms with Gasteiger partial charge in [-0.25, -0.2) is 4.79 Å². The lowest BCUT2D eigenvalue weighted by Crippen LogP contribution is -2.27. The number of benzene rings is 1. The van der Waals surface area contributed by atoms with E-state index < -0.39 is 5.97 Å². The summed E-state index contributed by atoms with van der Waals surface area (Å²) in [5.74, 6) is 0.429. The molecule has 1 heterocycles. The maximum Gasteiger partial charge on any atom is 0.335 e. The van der Waals surface area contributed by atoms with E-state index in [4.69, 9.17) is 5.11 Å². The van der Waals surface area contributed by atoms with Gasteiger partial charge in [0.2, 0.25) is 0 Å². The fourth-order valence-electron chi connectivity index (χ4n) is 2.12. The Labute approximate surface area is 95.5 Å². The molecule has 16 heavy (non-hydrogen) atoms. The van der Waals surface area contributed by atoms with Crippen LogP contribution >= 0.6 is 0 Å². The lowest BCUT2D eigenvalue weighted by molar-refractivity contribution is 0.0697. The fraction of sp³-hybridized carbons (Fsp3) is 0.462. The van der Waals surface area contributed by atoms with Crippen molar-refractivity contribution < 1.29 is 9.90 Å². The van der Waals surface area contributed by atoms with Gasteiger partial charge in [0.05, 0.1) is 5.56 Å². The van der Waals surface area contributed by atoms with E-state index in [1.165, 1.54) is 5.56 Å². The molecule has 1 unspecified atom stereocenters. The Morgan fingerprint density at radius 1 is 1.50 bits per heavy atom. The van der Waals surface area contributed by atoms with Gasteiger partial charge in [0.1, 0.15) is 0 Å². The largest absolute Gasteiger partial charge is 0.478 e. The minimum absolute atomic E-state index is 0.356. The summed E-state index contributed by atoms with van der Waals surface area (Å²) in [6, 6.07) is 5.35. The van der Waals surface area contributed by atoms with Crippen LogP contribution < -0.4 is 5.32 Å². The first-order chi connectivity index (χ1) is 7.58. The lowest BCUT2D eigenvalue weighted by Gasteiger charge is -2.29. The van der Waals surface area contributed by atoms with Gasteiger partial charge < -0.3 is 10.4 Å². The van der Waals surface area contributed by atoms with Gasteiger partial charge in [-0.15, -0.1) is 0 Å². The molecule has 0 radical (unpaired) electrons. The van der Waals surface area contributed by atoms with Crippen LogP contribution in [0.2, 0.25) is 0 Å². The summed E-state index contributed by atoms with van der Waals surface area (Å²) in [7, 11) is 0. The van der Waals surface area contributed by atoms with Crippen molar-refractivity contribution in [3.05, 3.63) is 29.3 Å². The van der Waals surface area contributed by atoms with Gasteiger partial charge >= 0.3 is 5.97 Å². The van der Waals surface area contributed by atoms with Gasteiger partial charge in [0.25, 0.3) is 0 Å². The van der Waals surface area contributed by atoms with Crippen LogP contribution in [0.15, 0.2) is 18.2 Å². The predicted octanol–water partition coefficient (Wildman–Crippen LogP) is 2.63. The summed E-state index contributed by atoms with van der Waals surface area (Å²) < 4.78 is 0. The maximum absolute atomic E-state index is 10.8. The number of carboxylic acid groups (broad SMARTS) is 1. The standard InChI is InChI=1S/C13H17NO2/c1-8(2)11-5-9-3-4-10(13(15)16)6-12(9)14-7-11/h3-4,6,8,11,14H,5,7H2,1-2H3,(H,15,16). The van der Waals surface area contributed by atoms with Gasteiger partial charge in [-0.1, -0.05) is 19.9 Å². The monoisotopic (exact) mass is 219 g/mol. The molecule has 1 atom stereocenters. The summed E-state index contributed by atoms with van der Waals surface area (Å²) >= 11 is 0. The first-order valence-corrected chi connectivity index (χ1v) is 5.68. The molecule has 0 bridgehead atoms. The van der Waals surface area contributed by atoms with Gasteiger partial charge in [0.15, 0.2) is 0 Å². The van der Waals surface area contributed by atoms with E-state index in [9.17, 15) is 4.79 Å². The van der Waals surface area contributed by atoms with Crippen LogP contribution in [0, 0.1) is 11.8 Å². The van der Waals surface area contributed by atoms with Crippen molar-refractivity contribution >= 4 is 11.7 Å². The summed E-state index contributed by atoms with van der Waals surface area (Å²) in [5.41, 5.74) is 2.57. The van der Waals surface area contributed by atoms with E-state index in [1.807, 2.05) is 6.07 Å². The van der Waals surface area contributed by atoms with Crippen molar-refractivity contribution in [2.75, 3.05) is 11.9 Å². The van der Waals surface area contributed by atoms with E-state index in [0.717, 1.165) is 18.7 Å². The summed E-state index contributed by atoms with van der Waals surface area (Å²) in [5, 5.41) is 12.2. The Morgan fingerprint density at radius 2 is 2.25 bits per heavy atom. The zero-order chi connectivity index (χ0) is 11.7. The molecule has 1 aliphatic heterocycles. The fourth-order valence-corrected chi connectivity index (χ4v) is 2.12. The molecule has 2 rings (SSSR count). The Hall–Kier alpha value is -1.51. The van der Waals surface area contributed by atoms with Gasteiger partial charge in [-0.2, -0.15) is 0 Å². The molecule has 0 aromatic heterocycles. The molecule has 86 valence electrons. The second-order valence-electron chi connectivity index (χ2n) is 4.77. The quantitative estimate of drug-likeness (QED) is 0.803. The molecule has 2 N–H and O–H groups in total. The molecule has 0 spiro atoms. The average molecular weight is 219 g/mol. The van der Waals surface area contributed by atoms with Crippen LogP contribution in [0.1, 0.15) is 29.8 Å². The highest BCUT2D eigenvalue weighted by molar-refractivity contribution is 5.89. The molecular weight excluding hydrogens is 202 g/mol. The zero-order valence-corrected chi connectivity index (χ0v) is 9.66. The second kappa shape index (κ2) is 4.16. The zero-order valence-electron chi connectivity index (χ0n) is 9.66. The van der Waals surface area contributed by atoms with Crippen LogP contribution in [0.3, 0.4) is 0 Å². The van der Waals surface area contributed by atoms with E-state index >= 15 is 0 Å². The highest BCUT2D eigenvalue weighted by atomic mass is 16.4. The maximum atomic E-state index is 10.8. The third-order valence-corrected chi connectivity index (χ3v) is 3.34. The Kier molecular flexibility index (Phi) is 2.86. The molecule has 0 aliphatic carbocycles. The number of anilines is 1. The van der Waals surface area contributed by atoms with Crippen molar-refractivity contribution in [1.82, 2.24) is 0 Å². The van der Waals surface area contributed by atoms with Crippen LogP contribution in [-0.2, 0) is 6.42 Å². The number of fused-ring (bicyclic) bond motifs is 1. The van der Waals surface area contributed by atoms with Gasteiger partial charge in [-0.3, -0.25) is 0 Å². The number of carbonyl (C=O) groups is 1. The third kappa shape index (κ3) is 2.03. The molecule has 3 nitrogen and oxygen atoms in total. The molecule has 3 heteroatoms. The number of nitrogens with one attached hydrogen (secondary N) is 1. The van der Waals surface area contributed by atoms with Crippen molar-refractivity contribution in [3.8, 4) is 0 Å². The second-order valence-corrected chi connectivity index (χ2v) is 4.77. The van der Waals surface area contributed by atoms with Crippen molar-refractivity contribution in [1.29, 1.82) is 0 Å². The normalized spacial score (nSPS) is 19.1. The first-order valence-electron chi connectivity index (χ1n) is 5.68. The number of hydrogen-bond acceptors (Lipinski definition) is 2. The molecule has 1 aliphatic rings. The van der Waals surface area contributed by atoms with Crippen molar-refractivity contribution in [2.45, 2.75) is 20.3 Å². The number of carboxylic acids is 1. The van der Waals surface area contributed by atoms with E-state index in [1.54, 1.807) is 12.1 Å². The molecule has 1 aromatic carbocycles. The van der Waals surface area contributed by atoms with Gasteiger partial charge in [-0.05, 0) is 36.0 Å². The van der Waals surface area contributed by atoms with E-state index in [0.29, 0.717) is 17.4 Å². The van der Waals surface area contributed by atoms with E-state index in [-0.39, 0.29) is 0 Å². The smallest absolute Gasteiger partial charge is 0.335 e. The van der Waals surface area contributed by atoms with E-state index in [2.05, 4.69) is 19.2 Å². The summed E-state index contributed by atoms with van der Waals surface area (Å²) in [6.45, 7) is 5.39. The topological polar surface area (TPSA) is 49.3 Å². The van der Waals surface area contributed by atoms with Crippen LogP contribution in [0.5, 0.6) is 0 Å². The Balaban J connectivity index is 2.25. The minimum atomic E-state index is -0.865. The molecule has 0 amide bonds. The molecule has 1 aromatic rings. The molecular formula is C13H17NO2. The Morgan fingerprint density at radius 3 is 2.88 bits per heavy atom. The minimum Gasteiger partial charge on any atom is -0.478 e. The van der Waals surface area contributed by atoms with Crippen molar-refractivity contribution in [3.63, 3.8) is 0 Å². The number of hydrogen-bond donors (Lipinski definition) is 2. The average Bonchev–Trinajstić information content (AvgIpc) is 2.27. The van der Waals surface area contributed by atoms with Crippen LogP contribution in [0.25, 0.3) is 0 Å². The number of rotatable bonds is 2. The number of aromatic carboxylic acids is 1. The highest BCUT2D eigenvalue weighted by Crippen LogP contribution is 2.29. The summed E-state index contributed by atoms with van der Waals surface area (Å²) in [4.78, 5) is 10.8. The lowest BCUT2D eigenvalue weighted by atomic mass is 9.85. The molecule has 0 fully saturated rings. The summed E-state index contributed by atoms with van der Waals surface area (Å²) in [6.07, 6.45) is 1.04. The van der Waals surface area contributed by atoms with Gasteiger partial charge in [0, 0.05) is 12.2 Å². The Bertz CT molecular complexity index is 412. The van der Waals surface area contributed by atoms with Crippen LogP contribution in [-0.4, -0.2) is 17.6 Å². The first kappa shape index (κ1) is 11.0.